The Morgan fingerprint density at radius 3 is 2.62 bits per heavy atom. The van der Waals surface area contributed by atoms with Gasteiger partial charge < -0.3 is 14.8 Å². The second-order valence-corrected chi connectivity index (χ2v) is 6.51. The molecule has 0 radical (unpaired) electrons. The minimum absolute atomic E-state index is 0.431. The first-order valence-electron chi connectivity index (χ1n) is 8.38. The summed E-state index contributed by atoms with van der Waals surface area (Å²) in [5.74, 6) is 1.49. The van der Waals surface area contributed by atoms with Gasteiger partial charge >= 0.3 is 0 Å². The van der Waals surface area contributed by atoms with Gasteiger partial charge in [-0.2, -0.15) is 0 Å². The summed E-state index contributed by atoms with van der Waals surface area (Å²) in [5, 5.41) is 4.10. The molecule has 1 saturated carbocycles. The van der Waals surface area contributed by atoms with Gasteiger partial charge in [0.25, 0.3) is 0 Å². The zero-order valence-corrected chi connectivity index (χ0v) is 14.7. The van der Waals surface area contributed by atoms with E-state index in [-0.39, 0.29) is 0 Å². The zero-order valence-electron chi connectivity index (χ0n) is 13.9. The lowest BCUT2D eigenvalue weighted by Crippen LogP contribution is -2.25. The Morgan fingerprint density at radius 1 is 1.12 bits per heavy atom. The molecule has 0 amide bonds. The normalized spacial score (nSPS) is 14.8. The molecule has 2 aromatic rings. The average Bonchev–Trinajstić information content (AvgIpc) is 3.13. The quantitative estimate of drug-likeness (QED) is 0.757. The van der Waals surface area contributed by atoms with Crippen LogP contribution < -0.4 is 14.8 Å². The standard InChI is InChI=1S/C19H23ClN2O2/c1-23-18-10-14(11-21-16-4-2-3-5-16)6-8-17(18)24-13-15-7-9-19(20)22-12-15/h6-10,12,16,21H,2-5,11,13H2,1H3. The van der Waals surface area contributed by atoms with Crippen molar-refractivity contribution < 1.29 is 9.47 Å². The van der Waals surface area contributed by atoms with Crippen molar-refractivity contribution in [3.8, 4) is 11.5 Å². The van der Waals surface area contributed by atoms with Crippen LogP contribution in [0, 0.1) is 0 Å². The lowest BCUT2D eigenvalue weighted by Gasteiger charge is -2.15. The van der Waals surface area contributed by atoms with E-state index in [0.717, 1.165) is 23.6 Å². The molecule has 0 saturated heterocycles. The predicted octanol–water partition coefficient (Wildman–Crippen LogP) is 4.35. The van der Waals surface area contributed by atoms with E-state index in [4.69, 9.17) is 21.1 Å². The largest absolute Gasteiger partial charge is 0.493 e. The Kier molecular flexibility index (Phi) is 5.94. The van der Waals surface area contributed by atoms with Crippen LogP contribution in [-0.4, -0.2) is 18.1 Å². The highest BCUT2D eigenvalue weighted by molar-refractivity contribution is 6.29. The maximum Gasteiger partial charge on any atom is 0.161 e. The lowest BCUT2D eigenvalue weighted by atomic mass is 10.1. The average molecular weight is 347 g/mol. The SMILES string of the molecule is COc1cc(CNC2CCCC2)ccc1OCc1ccc(Cl)nc1. The van der Waals surface area contributed by atoms with Gasteiger partial charge in [-0.3, -0.25) is 0 Å². The summed E-state index contributed by atoms with van der Waals surface area (Å²) in [6, 6.07) is 10.4. The fraction of sp³-hybridized carbons (Fsp3) is 0.421. The van der Waals surface area contributed by atoms with Crippen LogP contribution >= 0.6 is 11.6 Å². The third kappa shape index (κ3) is 4.62. The van der Waals surface area contributed by atoms with Gasteiger partial charge in [0.05, 0.1) is 7.11 Å². The molecule has 0 spiro atoms. The molecule has 1 aliphatic carbocycles. The van der Waals surface area contributed by atoms with Crippen LogP contribution in [-0.2, 0) is 13.2 Å². The fourth-order valence-electron chi connectivity index (χ4n) is 2.99. The van der Waals surface area contributed by atoms with Gasteiger partial charge in [0.15, 0.2) is 11.5 Å². The van der Waals surface area contributed by atoms with E-state index < -0.39 is 0 Å². The Morgan fingerprint density at radius 2 is 1.92 bits per heavy atom. The van der Waals surface area contributed by atoms with Gasteiger partial charge in [-0.05, 0) is 36.6 Å². The molecular formula is C19H23ClN2O2. The maximum atomic E-state index is 5.86. The summed E-state index contributed by atoms with van der Waals surface area (Å²) in [7, 11) is 1.67. The number of nitrogens with zero attached hydrogens (tertiary/aromatic N) is 1. The molecule has 1 aliphatic rings. The Labute approximate surface area is 148 Å². The van der Waals surface area contributed by atoms with Crippen molar-refractivity contribution >= 4 is 11.6 Å². The Hall–Kier alpha value is -1.78. The number of rotatable bonds is 7. The van der Waals surface area contributed by atoms with E-state index in [1.807, 2.05) is 18.2 Å². The summed E-state index contributed by atoms with van der Waals surface area (Å²) in [6.45, 7) is 1.29. The third-order valence-corrected chi connectivity index (χ3v) is 4.58. The number of methoxy groups -OCH3 is 1. The van der Waals surface area contributed by atoms with Crippen molar-refractivity contribution in [2.75, 3.05) is 7.11 Å². The van der Waals surface area contributed by atoms with Crippen LogP contribution in [0.25, 0.3) is 0 Å². The van der Waals surface area contributed by atoms with Gasteiger partial charge in [0.1, 0.15) is 11.8 Å². The molecule has 1 N–H and O–H groups in total. The van der Waals surface area contributed by atoms with Crippen molar-refractivity contribution in [2.45, 2.75) is 44.9 Å². The van der Waals surface area contributed by atoms with Gasteiger partial charge in [-0.15, -0.1) is 0 Å². The van der Waals surface area contributed by atoms with Crippen LogP contribution in [0.2, 0.25) is 5.15 Å². The first-order chi connectivity index (χ1) is 11.7. The first-order valence-corrected chi connectivity index (χ1v) is 8.76. The second-order valence-electron chi connectivity index (χ2n) is 6.13. The van der Waals surface area contributed by atoms with E-state index in [9.17, 15) is 0 Å². The molecule has 1 fully saturated rings. The number of pyridine rings is 1. The number of benzene rings is 1. The van der Waals surface area contributed by atoms with Crippen LogP contribution in [0.1, 0.15) is 36.8 Å². The van der Waals surface area contributed by atoms with Crippen molar-refractivity contribution in [2.24, 2.45) is 0 Å². The van der Waals surface area contributed by atoms with Crippen LogP contribution in [0.5, 0.6) is 11.5 Å². The molecular weight excluding hydrogens is 324 g/mol. The lowest BCUT2D eigenvalue weighted by molar-refractivity contribution is 0.284. The van der Waals surface area contributed by atoms with Crippen molar-refractivity contribution in [3.63, 3.8) is 0 Å². The summed E-state index contributed by atoms with van der Waals surface area (Å²) in [4.78, 5) is 4.06. The molecule has 128 valence electrons. The summed E-state index contributed by atoms with van der Waals surface area (Å²) in [5.41, 5.74) is 2.17. The molecule has 0 atom stereocenters. The molecule has 3 rings (SSSR count). The summed E-state index contributed by atoms with van der Waals surface area (Å²) >= 11 is 5.79. The van der Waals surface area contributed by atoms with E-state index >= 15 is 0 Å². The fourth-order valence-corrected chi connectivity index (χ4v) is 3.10. The molecule has 0 aliphatic heterocycles. The van der Waals surface area contributed by atoms with E-state index in [2.05, 4.69) is 16.4 Å². The number of hydrogen-bond acceptors (Lipinski definition) is 4. The molecule has 0 bridgehead atoms. The maximum absolute atomic E-state index is 5.86. The monoisotopic (exact) mass is 346 g/mol. The molecule has 1 heterocycles. The molecule has 5 heteroatoms. The van der Waals surface area contributed by atoms with Crippen LogP contribution in [0.3, 0.4) is 0 Å². The molecule has 4 nitrogen and oxygen atoms in total. The predicted molar refractivity (Wildman–Crippen MR) is 95.7 cm³/mol. The van der Waals surface area contributed by atoms with Gasteiger partial charge in [-0.1, -0.05) is 36.6 Å². The van der Waals surface area contributed by atoms with Crippen molar-refractivity contribution in [3.05, 3.63) is 52.8 Å². The topological polar surface area (TPSA) is 43.4 Å². The van der Waals surface area contributed by atoms with Crippen molar-refractivity contribution in [1.29, 1.82) is 0 Å². The van der Waals surface area contributed by atoms with E-state index in [1.165, 1.54) is 31.2 Å². The number of aromatic nitrogens is 1. The number of ether oxygens (including phenoxy) is 2. The van der Waals surface area contributed by atoms with Crippen LogP contribution in [0.4, 0.5) is 0 Å². The highest BCUT2D eigenvalue weighted by Gasteiger charge is 2.14. The number of halogens is 1. The molecule has 24 heavy (non-hydrogen) atoms. The summed E-state index contributed by atoms with van der Waals surface area (Å²) < 4.78 is 11.3. The Bertz CT molecular complexity index is 655. The number of nitrogens with one attached hydrogen (secondary N) is 1. The highest BCUT2D eigenvalue weighted by atomic mass is 35.5. The van der Waals surface area contributed by atoms with Gasteiger partial charge in [0.2, 0.25) is 0 Å². The van der Waals surface area contributed by atoms with Gasteiger partial charge in [-0.25, -0.2) is 4.98 Å². The molecule has 0 unspecified atom stereocenters. The molecule has 1 aromatic carbocycles. The van der Waals surface area contributed by atoms with Crippen molar-refractivity contribution in [1.82, 2.24) is 10.3 Å². The minimum atomic E-state index is 0.431. The number of hydrogen-bond donors (Lipinski definition) is 1. The van der Waals surface area contributed by atoms with Gasteiger partial charge in [0, 0.05) is 24.3 Å². The summed E-state index contributed by atoms with van der Waals surface area (Å²) in [6.07, 6.45) is 6.97. The third-order valence-electron chi connectivity index (χ3n) is 4.36. The van der Waals surface area contributed by atoms with Crippen LogP contribution in [0.15, 0.2) is 36.5 Å². The zero-order chi connectivity index (χ0) is 16.8. The van der Waals surface area contributed by atoms with E-state index in [0.29, 0.717) is 17.8 Å². The Balaban J connectivity index is 1.59. The molecule has 1 aromatic heterocycles. The smallest absolute Gasteiger partial charge is 0.161 e. The second kappa shape index (κ2) is 8.36. The highest BCUT2D eigenvalue weighted by Crippen LogP contribution is 2.29. The minimum Gasteiger partial charge on any atom is -0.493 e. The van der Waals surface area contributed by atoms with E-state index in [1.54, 1.807) is 19.4 Å². The first kappa shape index (κ1) is 17.1.